The first-order valence-corrected chi connectivity index (χ1v) is 16.5. The van der Waals surface area contributed by atoms with Gasteiger partial charge < -0.3 is 35.3 Å². The number of amides is 3. The number of carbonyl (C=O) groups is 3. The van der Waals surface area contributed by atoms with Crippen LogP contribution in [-0.2, 0) is 40.3 Å². The first kappa shape index (κ1) is 37.3. The maximum Gasteiger partial charge on any atom is 0.408 e. The van der Waals surface area contributed by atoms with Crippen molar-refractivity contribution >= 4 is 18.1 Å². The molecule has 2 aromatic heterocycles. The number of carbonyl (C=O) groups excluding carboxylic acids is 3. The van der Waals surface area contributed by atoms with Gasteiger partial charge in [0.25, 0.3) is 0 Å². The van der Waals surface area contributed by atoms with E-state index < -0.39 is 42.3 Å². The van der Waals surface area contributed by atoms with Gasteiger partial charge in [0.15, 0.2) is 0 Å². The zero-order chi connectivity index (χ0) is 35.7. The molecule has 0 saturated heterocycles. The first-order valence-electron chi connectivity index (χ1n) is 16.5. The summed E-state index contributed by atoms with van der Waals surface area (Å²) in [5.41, 5.74) is 3.08. The van der Waals surface area contributed by atoms with E-state index in [2.05, 4.69) is 25.9 Å². The minimum atomic E-state index is -1.08. The van der Waals surface area contributed by atoms with Crippen molar-refractivity contribution in [2.24, 2.45) is 5.92 Å². The Kier molecular flexibility index (Phi) is 14.6. The van der Waals surface area contributed by atoms with Crippen molar-refractivity contribution in [2.45, 2.75) is 70.6 Å². The van der Waals surface area contributed by atoms with Gasteiger partial charge >= 0.3 is 12.2 Å². The quantitative estimate of drug-likeness (QED) is 0.123. The smallest absolute Gasteiger partial charge is 0.408 e. The predicted molar refractivity (Wildman–Crippen MR) is 187 cm³/mol. The van der Waals surface area contributed by atoms with Crippen molar-refractivity contribution in [3.8, 4) is 5.75 Å². The predicted octanol–water partition coefficient (Wildman–Crippen LogP) is 4.75. The normalized spacial score (nSPS) is 13.3. The Bertz CT molecular complexity index is 1610. The van der Waals surface area contributed by atoms with Gasteiger partial charge in [-0.3, -0.25) is 14.8 Å². The number of nitrogens with one attached hydrogen (secondary N) is 3. The molecule has 4 rings (SSSR count). The molecule has 12 heteroatoms. The van der Waals surface area contributed by atoms with Crippen molar-refractivity contribution in [2.75, 3.05) is 7.11 Å². The molecule has 2 aromatic carbocycles. The molecule has 0 unspecified atom stereocenters. The van der Waals surface area contributed by atoms with Crippen molar-refractivity contribution in [1.82, 2.24) is 25.9 Å². The standard InChI is InChI=1S/C38H45N5O7/c1-26(2)35(43-38(47)50-25-30-16-17-32(48-3)23-40-30)36(45)41-31(19-27-11-6-4-7-12-27)21-34(44)33(20-28-13-8-5-9-14-28)42-37(46)49-24-29-15-10-18-39-22-29/h4-18,22-23,26,31,33-35,44H,19-21,24-25H2,1-3H3,(H,41,45)(H,42,46)(H,43,47)/t31-,33-,34-,35-/m0/s1. The minimum Gasteiger partial charge on any atom is -0.495 e. The number of methoxy groups -OCH3 is 1. The van der Waals surface area contributed by atoms with Crippen LogP contribution in [-0.4, -0.2) is 64.5 Å². The Balaban J connectivity index is 1.45. The number of alkyl carbamates (subject to hydrolysis) is 2. The van der Waals surface area contributed by atoms with Crippen LogP contribution in [0.25, 0.3) is 0 Å². The Morgan fingerprint density at radius 3 is 1.98 bits per heavy atom. The lowest BCUT2D eigenvalue weighted by Crippen LogP contribution is -2.54. The maximum absolute atomic E-state index is 13.7. The Morgan fingerprint density at radius 2 is 1.38 bits per heavy atom. The molecule has 0 aliphatic rings. The number of rotatable bonds is 17. The monoisotopic (exact) mass is 683 g/mol. The Morgan fingerprint density at radius 1 is 0.740 bits per heavy atom. The first-order chi connectivity index (χ1) is 24.2. The molecule has 0 bridgehead atoms. The van der Waals surface area contributed by atoms with Crippen LogP contribution in [0.1, 0.15) is 42.7 Å². The molecule has 0 aliphatic heterocycles. The fraction of sp³-hybridized carbons (Fsp3) is 0.342. The lowest BCUT2D eigenvalue weighted by atomic mass is 9.93. The highest BCUT2D eigenvalue weighted by atomic mass is 16.6. The molecule has 2 heterocycles. The fourth-order valence-corrected chi connectivity index (χ4v) is 5.28. The van der Waals surface area contributed by atoms with E-state index in [1.54, 1.807) is 36.7 Å². The van der Waals surface area contributed by atoms with E-state index in [-0.39, 0.29) is 25.6 Å². The van der Waals surface area contributed by atoms with Gasteiger partial charge in [-0.15, -0.1) is 0 Å². The number of hydrogen-bond donors (Lipinski definition) is 4. The summed E-state index contributed by atoms with van der Waals surface area (Å²) in [5.74, 6) is -0.144. The van der Waals surface area contributed by atoms with Crippen LogP contribution in [0.2, 0.25) is 0 Å². The Labute approximate surface area is 292 Å². The van der Waals surface area contributed by atoms with Crippen molar-refractivity contribution in [3.63, 3.8) is 0 Å². The van der Waals surface area contributed by atoms with E-state index in [9.17, 15) is 19.5 Å². The number of pyridine rings is 2. The van der Waals surface area contributed by atoms with Crippen LogP contribution in [0.4, 0.5) is 9.59 Å². The van der Waals surface area contributed by atoms with Crippen LogP contribution < -0.4 is 20.7 Å². The van der Waals surface area contributed by atoms with Crippen LogP contribution in [0.15, 0.2) is 104 Å². The van der Waals surface area contributed by atoms with Gasteiger partial charge in [-0.1, -0.05) is 80.6 Å². The second kappa shape index (κ2) is 19.5. The number of hydrogen-bond acceptors (Lipinski definition) is 9. The lowest BCUT2D eigenvalue weighted by Gasteiger charge is -2.30. The molecule has 0 spiro atoms. The molecule has 12 nitrogen and oxygen atoms in total. The number of aliphatic hydroxyl groups is 1. The fourth-order valence-electron chi connectivity index (χ4n) is 5.28. The van der Waals surface area contributed by atoms with Crippen molar-refractivity contribution in [1.29, 1.82) is 0 Å². The van der Waals surface area contributed by atoms with E-state index in [0.29, 0.717) is 24.3 Å². The molecule has 4 N–H and O–H groups in total. The molecule has 0 fully saturated rings. The average molecular weight is 684 g/mol. The van der Waals surface area contributed by atoms with Crippen LogP contribution in [0, 0.1) is 5.92 Å². The molecule has 0 aliphatic carbocycles. The summed E-state index contributed by atoms with van der Waals surface area (Å²) in [6.45, 7) is 3.55. The highest BCUT2D eigenvalue weighted by Gasteiger charge is 2.30. The van der Waals surface area contributed by atoms with Crippen LogP contribution in [0.3, 0.4) is 0 Å². The van der Waals surface area contributed by atoms with Crippen LogP contribution in [0.5, 0.6) is 5.75 Å². The summed E-state index contributed by atoms with van der Waals surface area (Å²) < 4.78 is 15.9. The highest BCUT2D eigenvalue weighted by molar-refractivity contribution is 5.86. The molecule has 4 atom stereocenters. The molecule has 0 saturated carbocycles. The van der Waals surface area contributed by atoms with E-state index in [1.165, 1.54) is 13.3 Å². The average Bonchev–Trinajstić information content (AvgIpc) is 3.13. The van der Waals surface area contributed by atoms with Gasteiger partial charge in [0.1, 0.15) is 25.0 Å². The lowest BCUT2D eigenvalue weighted by molar-refractivity contribution is -0.125. The van der Waals surface area contributed by atoms with E-state index in [4.69, 9.17) is 14.2 Å². The number of ether oxygens (including phenoxy) is 3. The molecule has 50 heavy (non-hydrogen) atoms. The topological polar surface area (TPSA) is 161 Å². The second-order valence-electron chi connectivity index (χ2n) is 12.2. The van der Waals surface area contributed by atoms with Crippen molar-refractivity contribution < 1.29 is 33.7 Å². The third kappa shape index (κ3) is 12.5. The summed E-state index contributed by atoms with van der Waals surface area (Å²) in [6.07, 6.45) is 3.03. The minimum absolute atomic E-state index is 0.0170. The molecule has 0 radical (unpaired) electrons. The largest absolute Gasteiger partial charge is 0.495 e. The van der Waals surface area contributed by atoms with Crippen molar-refractivity contribution in [3.05, 3.63) is 126 Å². The summed E-state index contributed by atoms with van der Waals surface area (Å²) >= 11 is 0. The summed E-state index contributed by atoms with van der Waals surface area (Å²) in [6, 6.07) is 23.7. The summed E-state index contributed by atoms with van der Waals surface area (Å²) in [7, 11) is 1.53. The molecule has 264 valence electrons. The van der Waals surface area contributed by atoms with Gasteiger partial charge in [0.05, 0.1) is 31.1 Å². The number of aromatic nitrogens is 2. The van der Waals surface area contributed by atoms with Gasteiger partial charge in [-0.2, -0.15) is 0 Å². The number of nitrogens with zero attached hydrogens (tertiary/aromatic N) is 2. The van der Waals surface area contributed by atoms with Gasteiger partial charge in [0.2, 0.25) is 5.91 Å². The zero-order valence-corrected chi connectivity index (χ0v) is 28.5. The number of aliphatic hydroxyl groups excluding tert-OH is 1. The van der Waals surface area contributed by atoms with Crippen LogP contribution >= 0.6 is 0 Å². The maximum atomic E-state index is 13.7. The number of benzene rings is 2. The van der Waals surface area contributed by atoms with Gasteiger partial charge in [0, 0.05) is 24.0 Å². The second-order valence-corrected chi connectivity index (χ2v) is 12.2. The molecular formula is C38H45N5O7. The van der Waals surface area contributed by atoms with E-state index in [0.717, 1.165) is 16.7 Å². The van der Waals surface area contributed by atoms with Gasteiger partial charge in [-0.05, 0) is 54.5 Å². The SMILES string of the molecule is COc1ccc(COC(=O)N[C@H](C(=O)N[C@@H](Cc2ccccc2)C[C@H](O)[C@H](Cc2ccccc2)NC(=O)OCc2cccnc2)C(C)C)nc1. The zero-order valence-electron chi connectivity index (χ0n) is 28.5. The Hall–Kier alpha value is -5.49. The highest BCUT2D eigenvalue weighted by Crippen LogP contribution is 2.16. The third-order valence-electron chi connectivity index (χ3n) is 7.96. The van der Waals surface area contributed by atoms with Gasteiger partial charge in [-0.25, -0.2) is 9.59 Å². The van der Waals surface area contributed by atoms with E-state index >= 15 is 0 Å². The third-order valence-corrected chi connectivity index (χ3v) is 7.96. The summed E-state index contributed by atoms with van der Waals surface area (Å²) in [4.78, 5) is 47.6. The molecule has 3 amide bonds. The summed E-state index contributed by atoms with van der Waals surface area (Å²) in [5, 5.41) is 20.2. The van der Waals surface area contributed by atoms with E-state index in [1.807, 2.05) is 74.5 Å². The molecular weight excluding hydrogens is 638 g/mol. The molecule has 4 aromatic rings.